The van der Waals surface area contributed by atoms with E-state index >= 15 is 0 Å². The molecule has 2 heterocycles. The van der Waals surface area contributed by atoms with Crippen LogP contribution in [0.2, 0.25) is 0 Å². The summed E-state index contributed by atoms with van der Waals surface area (Å²) in [6.45, 7) is 0. The molecule has 0 amide bonds. The van der Waals surface area contributed by atoms with Gasteiger partial charge in [-0.2, -0.15) is 0 Å². The molecule has 0 spiro atoms. The number of hydrogen-bond acceptors (Lipinski definition) is 2. The fourth-order valence-electron chi connectivity index (χ4n) is 1.81. The van der Waals surface area contributed by atoms with Crippen LogP contribution in [0.3, 0.4) is 0 Å². The van der Waals surface area contributed by atoms with Crippen LogP contribution in [0.4, 0.5) is 0 Å². The minimum absolute atomic E-state index is 0.128. The maximum Gasteiger partial charge on any atom is 0.248 e. The highest BCUT2D eigenvalue weighted by Crippen LogP contribution is 2.26. The number of aromatic hydroxyl groups is 1. The van der Waals surface area contributed by atoms with Crippen molar-refractivity contribution in [3.8, 4) is 5.75 Å². The molecule has 0 radical (unpaired) electrons. The molecule has 15 heavy (non-hydrogen) atoms. The number of H-pyrrole nitrogens is 2. The van der Waals surface area contributed by atoms with E-state index in [2.05, 4.69) is 9.97 Å². The average molecular weight is 200 g/mol. The van der Waals surface area contributed by atoms with E-state index in [-0.39, 0.29) is 11.3 Å². The summed E-state index contributed by atoms with van der Waals surface area (Å²) in [6, 6.07) is 6.59. The molecule has 1 aromatic carbocycles. The number of aromatic nitrogens is 2. The first-order valence-electron chi connectivity index (χ1n) is 4.57. The molecule has 4 nitrogen and oxygen atoms in total. The molecular weight excluding hydrogens is 192 g/mol. The molecule has 0 aliphatic heterocycles. The minimum Gasteiger partial charge on any atom is -0.508 e. The van der Waals surface area contributed by atoms with Gasteiger partial charge in [0.05, 0.1) is 11.0 Å². The fourth-order valence-corrected chi connectivity index (χ4v) is 1.81. The van der Waals surface area contributed by atoms with Gasteiger partial charge in [-0.15, -0.1) is 0 Å². The Kier molecular flexibility index (Phi) is 1.42. The second kappa shape index (κ2) is 2.63. The van der Waals surface area contributed by atoms with Crippen LogP contribution in [0, 0.1) is 0 Å². The zero-order chi connectivity index (χ0) is 10.4. The SMILES string of the molecule is O=c1cc2c(c[nH]1)[nH]c1cc(O)ccc12. The number of hydrogen-bond donors (Lipinski definition) is 3. The Morgan fingerprint density at radius 1 is 1.07 bits per heavy atom. The number of phenolic OH excluding ortho intramolecular Hbond substituents is 1. The van der Waals surface area contributed by atoms with Gasteiger partial charge in [-0.25, -0.2) is 0 Å². The van der Waals surface area contributed by atoms with Gasteiger partial charge in [0.2, 0.25) is 5.56 Å². The Morgan fingerprint density at radius 3 is 2.80 bits per heavy atom. The van der Waals surface area contributed by atoms with Gasteiger partial charge in [0, 0.05) is 29.1 Å². The number of pyridine rings is 1. The van der Waals surface area contributed by atoms with E-state index in [9.17, 15) is 9.90 Å². The van der Waals surface area contributed by atoms with Crippen molar-refractivity contribution in [3.63, 3.8) is 0 Å². The number of phenols is 1. The summed E-state index contributed by atoms with van der Waals surface area (Å²) in [5.74, 6) is 0.209. The van der Waals surface area contributed by atoms with E-state index in [0.717, 1.165) is 21.8 Å². The summed E-state index contributed by atoms with van der Waals surface area (Å²) in [6.07, 6.45) is 1.63. The second-order valence-electron chi connectivity index (χ2n) is 3.48. The van der Waals surface area contributed by atoms with E-state index in [0.29, 0.717) is 0 Å². The van der Waals surface area contributed by atoms with Crippen molar-refractivity contribution in [1.82, 2.24) is 9.97 Å². The zero-order valence-corrected chi connectivity index (χ0v) is 7.74. The van der Waals surface area contributed by atoms with Gasteiger partial charge >= 0.3 is 0 Å². The number of rotatable bonds is 0. The van der Waals surface area contributed by atoms with Crippen molar-refractivity contribution in [2.45, 2.75) is 0 Å². The lowest BCUT2D eigenvalue weighted by Gasteiger charge is -1.91. The molecule has 3 aromatic rings. The maximum absolute atomic E-state index is 11.2. The van der Waals surface area contributed by atoms with Gasteiger partial charge < -0.3 is 15.1 Å². The number of aromatic amines is 2. The third-order valence-electron chi connectivity index (χ3n) is 2.49. The van der Waals surface area contributed by atoms with Gasteiger partial charge in [-0.05, 0) is 12.1 Å². The molecule has 0 saturated heterocycles. The molecule has 0 fully saturated rings. The highest BCUT2D eigenvalue weighted by atomic mass is 16.3. The van der Waals surface area contributed by atoms with Gasteiger partial charge in [0.15, 0.2) is 0 Å². The minimum atomic E-state index is -0.128. The molecule has 74 valence electrons. The standard InChI is InChI=1S/C11H8N2O2/c14-6-1-2-7-8-4-11(15)12-5-10(8)13-9(7)3-6/h1-5,13-14H,(H,12,15). The van der Waals surface area contributed by atoms with E-state index in [4.69, 9.17) is 0 Å². The van der Waals surface area contributed by atoms with Crippen LogP contribution in [-0.2, 0) is 0 Å². The van der Waals surface area contributed by atoms with E-state index in [1.165, 1.54) is 0 Å². The molecule has 0 unspecified atom stereocenters. The predicted octanol–water partition coefficient (Wildman–Crippen LogP) is 1.71. The van der Waals surface area contributed by atoms with E-state index < -0.39 is 0 Å². The van der Waals surface area contributed by atoms with Crippen molar-refractivity contribution < 1.29 is 5.11 Å². The summed E-state index contributed by atoms with van der Waals surface area (Å²) < 4.78 is 0. The molecule has 2 aromatic heterocycles. The van der Waals surface area contributed by atoms with Crippen molar-refractivity contribution in [1.29, 1.82) is 0 Å². The summed E-state index contributed by atoms with van der Waals surface area (Å²) in [5.41, 5.74) is 1.55. The molecule has 4 heteroatoms. The first-order valence-corrected chi connectivity index (χ1v) is 4.57. The molecule has 0 aliphatic rings. The fraction of sp³-hybridized carbons (Fsp3) is 0. The monoisotopic (exact) mass is 200 g/mol. The highest BCUT2D eigenvalue weighted by Gasteiger charge is 2.04. The Morgan fingerprint density at radius 2 is 1.93 bits per heavy atom. The molecule has 0 saturated carbocycles. The first kappa shape index (κ1) is 8.11. The summed E-state index contributed by atoms with van der Waals surface area (Å²) in [7, 11) is 0. The van der Waals surface area contributed by atoms with Crippen molar-refractivity contribution in [2.75, 3.05) is 0 Å². The van der Waals surface area contributed by atoms with Crippen LogP contribution < -0.4 is 5.56 Å². The van der Waals surface area contributed by atoms with Crippen LogP contribution in [0.15, 0.2) is 35.3 Å². The number of nitrogens with one attached hydrogen (secondary N) is 2. The summed E-state index contributed by atoms with van der Waals surface area (Å²) >= 11 is 0. The topological polar surface area (TPSA) is 68.9 Å². The van der Waals surface area contributed by atoms with Crippen LogP contribution in [0.25, 0.3) is 21.8 Å². The lowest BCUT2D eigenvalue weighted by molar-refractivity contribution is 0.476. The van der Waals surface area contributed by atoms with Crippen molar-refractivity contribution >= 4 is 21.8 Å². The highest BCUT2D eigenvalue weighted by molar-refractivity contribution is 6.07. The lowest BCUT2D eigenvalue weighted by atomic mass is 10.2. The van der Waals surface area contributed by atoms with E-state index in [1.807, 2.05) is 0 Å². The summed E-state index contributed by atoms with van der Waals surface area (Å²) in [5, 5.41) is 11.1. The van der Waals surface area contributed by atoms with Crippen LogP contribution in [-0.4, -0.2) is 15.1 Å². The number of fused-ring (bicyclic) bond motifs is 3. The Labute approximate surface area is 84.2 Å². The van der Waals surface area contributed by atoms with Crippen LogP contribution >= 0.6 is 0 Å². The van der Waals surface area contributed by atoms with Gasteiger partial charge in [-0.3, -0.25) is 4.79 Å². The number of benzene rings is 1. The Hall–Kier alpha value is -2.23. The van der Waals surface area contributed by atoms with Crippen molar-refractivity contribution in [3.05, 3.63) is 40.8 Å². The molecule has 0 aliphatic carbocycles. The quantitative estimate of drug-likeness (QED) is 0.517. The third-order valence-corrected chi connectivity index (χ3v) is 2.49. The maximum atomic E-state index is 11.2. The van der Waals surface area contributed by atoms with Gasteiger partial charge in [-0.1, -0.05) is 0 Å². The largest absolute Gasteiger partial charge is 0.508 e. The lowest BCUT2D eigenvalue weighted by Crippen LogP contribution is -2.00. The van der Waals surface area contributed by atoms with Crippen LogP contribution in [0.5, 0.6) is 5.75 Å². The Bertz CT molecular complexity index is 709. The Balaban J connectivity index is 2.58. The van der Waals surface area contributed by atoms with Gasteiger partial charge in [0.25, 0.3) is 0 Å². The molecule has 3 N–H and O–H groups in total. The van der Waals surface area contributed by atoms with Crippen molar-refractivity contribution in [2.24, 2.45) is 0 Å². The molecule has 0 atom stereocenters. The second-order valence-corrected chi connectivity index (χ2v) is 3.48. The predicted molar refractivity (Wildman–Crippen MR) is 58.1 cm³/mol. The van der Waals surface area contributed by atoms with Gasteiger partial charge in [0.1, 0.15) is 5.75 Å². The first-order chi connectivity index (χ1) is 7.24. The molecule has 0 bridgehead atoms. The molecule has 3 rings (SSSR count). The average Bonchev–Trinajstić information content (AvgIpc) is 2.54. The van der Waals surface area contributed by atoms with E-state index in [1.54, 1.807) is 30.5 Å². The normalized spacial score (nSPS) is 11.2. The smallest absolute Gasteiger partial charge is 0.248 e. The van der Waals surface area contributed by atoms with Crippen LogP contribution in [0.1, 0.15) is 0 Å². The third kappa shape index (κ3) is 1.11. The summed E-state index contributed by atoms with van der Waals surface area (Å²) in [4.78, 5) is 16.9. The zero-order valence-electron chi connectivity index (χ0n) is 7.74. The molecular formula is C11H8N2O2.